The van der Waals surface area contributed by atoms with Crippen LogP contribution < -0.4 is 5.32 Å². The zero-order valence-corrected chi connectivity index (χ0v) is 16.3. The van der Waals surface area contributed by atoms with Crippen LogP contribution >= 0.6 is 7.92 Å². The third kappa shape index (κ3) is 5.85. The van der Waals surface area contributed by atoms with Crippen molar-refractivity contribution in [2.75, 3.05) is 12.7 Å². The fourth-order valence-corrected chi connectivity index (χ4v) is 8.61. The van der Waals surface area contributed by atoms with Gasteiger partial charge in [-0.05, 0) is 61.7 Å². The maximum absolute atomic E-state index is 3.67. The van der Waals surface area contributed by atoms with Crippen LogP contribution in [0.2, 0.25) is 0 Å². The van der Waals surface area contributed by atoms with Crippen LogP contribution in [0.3, 0.4) is 0 Å². The Kier molecular flexibility index (Phi) is 8.10. The highest BCUT2D eigenvalue weighted by Gasteiger charge is 2.30. The molecule has 1 nitrogen and oxygen atoms in total. The maximum atomic E-state index is 3.67. The summed E-state index contributed by atoms with van der Waals surface area (Å²) >= 11 is 0. The van der Waals surface area contributed by atoms with E-state index in [9.17, 15) is 0 Å². The topological polar surface area (TPSA) is 12.0 Å². The third-order valence-corrected chi connectivity index (χ3v) is 9.77. The fourth-order valence-electron chi connectivity index (χ4n) is 4.70. The summed E-state index contributed by atoms with van der Waals surface area (Å²) in [5.41, 5.74) is 3.65. The molecule has 0 unspecified atom stereocenters. The molecule has 0 spiro atoms. The van der Waals surface area contributed by atoms with Crippen LogP contribution in [0.4, 0.5) is 0 Å². The molecule has 134 valence electrons. The van der Waals surface area contributed by atoms with Crippen molar-refractivity contribution in [2.45, 2.75) is 88.5 Å². The van der Waals surface area contributed by atoms with Crippen molar-refractivity contribution in [1.82, 2.24) is 5.32 Å². The molecule has 24 heavy (non-hydrogen) atoms. The normalized spacial score (nSPS) is 20.5. The van der Waals surface area contributed by atoms with Crippen LogP contribution in [0.1, 0.15) is 76.2 Å². The fraction of sp³-hybridized carbons (Fsp3) is 0.727. The molecule has 1 N–H and O–H groups in total. The van der Waals surface area contributed by atoms with Gasteiger partial charge in [0.25, 0.3) is 0 Å². The Hall–Kier alpha value is -0.390. The Balaban J connectivity index is 1.42. The van der Waals surface area contributed by atoms with Crippen molar-refractivity contribution in [1.29, 1.82) is 0 Å². The molecular weight excluding hydrogens is 309 g/mol. The number of nitrogens with one attached hydrogen (secondary N) is 1. The first-order valence-electron chi connectivity index (χ1n) is 10.4. The maximum Gasteiger partial charge on any atom is 0.0205 e. The van der Waals surface area contributed by atoms with Gasteiger partial charge in [-0.1, -0.05) is 68.9 Å². The molecule has 2 aliphatic rings. The minimum atomic E-state index is 0.292. The molecule has 2 saturated carbocycles. The predicted octanol–water partition coefficient (Wildman–Crippen LogP) is 6.31. The van der Waals surface area contributed by atoms with Gasteiger partial charge in [0.1, 0.15) is 0 Å². The number of hydrogen-bond donors (Lipinski definition) is 1. The van der Waals surface area contributed by atoms with Crippen LogP contribution in [-0.2, 0) is 6.54 Å². The van der Waals surface area contributed by atoms with Gasteiger partial charge >= 0.3 is 0 Å². The van der Waals surface area contributed by atoms with Gasteiger partial charge in [0.05, 0.1) is 0 Å². The van der Waals surface area contributed by atoms with Crippen LogP contribution in [0.25, 0.3) is 0 Å². The van der Waals surface area contributed by atoms with Gasteiger partial charge in [0.2, 0.25) is 0 Å². The van der Waals surface area contributed by atoms with Crippen molar-refractivity contribution in [2.24, 2.45) is 0 Å². The number of hydrogen-bond acceptors (Lipinski definition) is 1. The smallest absolute Gasteiger partial charge is 0.0205 e. The summed E-state index contributed by atoms with van der Waals surface area (Å²) in [6.45, 7) is 2.23. The molecule has 1 aromatic rings. The van der Waals surface area contributed by atoms with Gasteiger partial charge in [0, 0.05) is 6.54 Å². The standard InChI is InChI=1S/C22H36NP/c1-4-11-20(12-5-1)19-23-17-10-18-24(21-13-6-2-7-14-21)22-15-8-3-9-16-22/h1,4-5,11-12,21-23H,2-3,6-10,13-19H2. The van der Waals surface area contributed by atoms with E-state index in [1.54, 1.807) is 25.7 Å². The van der Waals surface area contributed by atoms with Crippen molar-refractivity contribution < 1.29 is 0 Å². The van der Waals surface area contributed by atoms with Crippen LogP contribution in [0.5, 0.6) is 0 Å². The molecule has 2 fully saturated rings. The molecule has 0 atom stereocenters. The second-order valence-electron chi connectivity index (χ2n) is 7.84. The summed E-state index contributed by atoms with van der Waals surface area (Å²) in [6.07, 6.45) is 18.2. The summed E-state index contributed by atoms with van der Waals surface area (Å²) < 4.78 is 0. The molecule has 1 aromatic carbocycles. The molecule has 0 saturated heterocycles. The molecule has 0 bridgehead atoms. The third-order valence-electron chi connectivity index (χ3n) is 6.03. The molecule has 3 rings (SSSR count). The van der Waals surface area contributed by atoms with Gasteiger partial charge < -0.3 is 5.32 Å². The second-order valence-corrected chi connectivity index (χ2v) is 10.8. The highest BCUT2D eigenvalue weighted by Crippen LogP contribution is 2.55. The Bertz CT molecular complexity index is 417. The van der Waals surface area contributed by atoms with Crippen molar-refractivity contribution >= 4 is 7.92 Å². The summed E-state index contributed by atoms with van der Waals surface area (Å²) in [7, 11) is 0.292. The van der Waals surface area contributed by atoms with Crippen LogP contribution in [-0.4, -0.2) is 24.0 Å². The van der Waals surface area contributed by atoms with E-state index in [4.69, 9.17) is 0 Å². The van der Waals surface area contributed by atoms with E-state index in [1.165, 1.54) is 63.2 Å². The van der Waals surface area contributed by atoms with Crippen molar-refractivity contribution in [3.63, 3.8) is 0 Å². The Labute approximate surface area is 150 Å². The van der Waals surface area contributed by atoms with Crippen molar-refractivity contribution in [3.05, 3.63) is 35.9 Å². The lowest BCUT2D eigenvalue weighted by Gasteiger charge is -2.38. The SMILES string of the molecule is c1ccc(CNCCCP(C2CCCCC2)C2CCCCC2)cc1. The van der Waals surface area contributed by atoms with Gasteiger partial charge in [-0.2, -0.15) is 0 Å². The second kappa shape index (κ2) is 10.6. The molecule has 0 aliphatic heterocycles. The number of rotatable bonds is 8. The average molecular weight is 346 g/mol. The molecule has 2 heteroatoms. The van der Waals surface area contributed by atoms with Gasteiger partial charge in [-0.15, -0.1) is 7.92 Å². The Morgan fingerprint density at radius 1 is 0.792 bits per heavy atom. The summed E-state index contributed by atoms with van der Waals surface area (Å²) in [4.78, 5) is 0. The first-order valence-corrected chi connectivity index (χ1v) is 12.1. The minimum absolute atomic E-state index is 0.292. The predicted molar refractivity (Wildman–Crippen MR) is 108 cm³/mol. The highest BCUT2D eigenvalue weighted by atomic mass is 31.1. The highest BCUT2D eigenvalue weighted by molar-refractivity contribution is 7.59. The average Bonchev–Trinajstić information content (AvgIpc) is 2.67. The van der Waals surface area contributed by atoms with E-state index in [0.717, 1.165) is 17.9 Å². The van der Waals surface area contributed by atoms with E-state index in [2.05, 4.69) is 35.6 Å². The van der Waals surface area contributed by atoms with Gasteiger partial charge in [0.15, 0.2) is 0 Å². The van der Waals surface area contributed by atoms with Crippen molar-refractivity contribution in [3.8, 4) is 0 Å². The Morgan fingerprint density at radius 2 is 1.38 bits per heavy atom. The molecule has 0 heterocycles. The summed E-state index contributed by atoms with van der Waals surface area (Å²) in [6, 6.07) is 10.8. The Morgan fingerprint density at radius 3 is 1.96 bits per heavy atom. The summed E-state index contributed by atoms with van der Waals surface area (Å²) in [5.74, 6) is 0. The molecule has 0 radical (unpaired) electrons. The van der Waals surface area contributed by atoms with Crippen LogP contribution in [0.15, 0.2) is 30.3 Å². The van der Waals surface area contributed by atoms with Crippen LogP contribution in [0, 0.1) is 0 Å². The lowest BCUT2D eigenvalue weighted by Crippen LogP contribution is -2.23. The van der Waals surface area contributed by atoms with E-state index < -0.39 is 0 Å². The van der Waals surface area contributed by atoms with Gasteiger partial charge in [-0.25, -0.2) is 0 Å². The molecule has 2 aliphatic carbocycles. The zero-order valence-electron chi connectivity index (χ0n) is 15.4. The van der Waals surface area contributed by atoms with E-state index in [-0.39, 0.29) is 0 Å². The monoisotopic (exact) mass is 345 g/mol. The molecular formula is C22H36NP. The zero-order chi connectivity index (χ0) is 16.5. The van der Waals surface area contributed by atoms with E-state index >= 15 is 0 Å². The first-order chi connectivity index (χ1) is 11.9. The summed E-state index contributed by atoms with van der Waals surface area (Å²) in [5, 5.41) is 3.67. The lowest BCUT2D eigenvalue weighted by atomic mass is 9.99. The minimum Gasteiger partial charge on any atom is -0.313 e. The quantitative estimate of drug-likeness (QED) is 0.430. The van der Waals surface area contributed by atoms with E-state index in [1.807, 2.05) is 0 Å². The van der Waals surface area contributed by atoms with E-state index in [0.29, 0.717) is 7.92 Å². The molecule has 0 aromatic heterocycles. The first kappa shape index (κ1) is 18.4. The van der Waals surface area contributed by atoms with Gasteiger partial charge in [-0.3, -0.25) is 0 Å². The molecule has 0 amide bonds. The number of benzene rings is 1. The lowest BCUT2D eigenvalue weighted by molar-refractivity contribution is 0.483. The largest absolute Gasteiger partial charge is 0.313 e.